The molecule has 318 valence electrons. The highest BCUT2D eigenvalue weighted by Gasteiger charge is 2.36. The lowest BCUT2D eigenvalue weighted by Crippen LogP contribution is -2.07. The first-order chi connectivity index (χ1) is 28.5. The zero-order valence-corrected chi connectivity index (χ0v) is 37.2. The zero-order valence-electron chi connectivity index (χ0n) is 30.9. The largest absolute Gasteiger partial charge is 0.487 e. The maximum Gasteiger partial charge on any atom is 0.304 e. The van der Waals surface area contributed by atoms with Crippen molar-refractivity contribution >= 4 is 89.3 Å². The van der Waals surface area contributed by atoms with Crippen molar-refractivity contribution in [1.29, 1.82) is 0 Å². The van der Waals surface area contributed by atoms with E-state index in [1.165, 1.54) is 33.6 Å². The van der Waals surface area contributed by atoms with Gasteiger partial charge in [0.15, 0.2) is 8.42 Å². The van der Waals surface area contributed by atoms with Crippen LogP contribution >= 0.6 is 69.1 Å². The number of ether oxygens (including phenoxy) is 2. The van der Waals surface area contributed by atoms with Crippen molar-refractivity contribution in [2.24, 2.45) is 0 Å². The van der Waals surface area contributed by atoms with Gasteiger partial charge in [-0.1, -0.05) is 84.9 Å². The monoisotopic (exact) mass is 978 g/mol. The predicted octanol–water partition coefficient (Wildman–Crippen LogP) is 12.2. The van der Waals surface area contributed by atoms with E-state index in [2.05, 4.69) is 10.2 Å². The number of nitrogens with zero attached hydrogens (tertiary/aromatic N) is 4. The van der Waals surface area contributed by atoms with Crippen molar-refractivity contribution in [3.05, 3.63) is 91.1 Å². The standard InChI is InChI=1S/C38H32Cl4F2N4O8S4/c39-19-9-11-27(23(41)13-19)47-35-21(17-55-29-15-31(57-37(29)35)59(49,50)51)33(45-47)25(43)7-5-3-1-2-4-6-8-26(44)34-22-18-56-30-16-32(60(52,53)54)58-38(30)36(22)48(46-34)28-12-10-20(40)14-24(28)42/h9-16,25-26H,1-8,17-18H2,(H,49,50,51)(H,52,53,54). The number of halogens is 6. The Hall–Kier alpha value is -3.30. The Kier molecular flexibility index (Phi) is 12.4. The molecule has 22 heteroatoms. The van der Waals surface area contributed by atoms with E-state index < -0.39 is 32.6 Å². The fraction of sp³-hybridized carbons (Fsp3) is 0.316. The van der Waals surface area contributed by atoms with Crippen LogP contribution in [0.25, 0.3) is 32.5 Å². The summed E-state index contributed by atoms with van der Waals surface area (Å²) in [5.74, 6) is 0.430. The van der Waals surface area contributed by atoms with Gasteiger partial charge < -0.3 is 9.47 Å². The van der Waals surface area contributed by atoms with Gasteiger partial charge in [0.1, 0.15) is 48.4 Å². The molecule has 2 unspecified atom stereocenters. The Morgan fingerprint density at radius 2 is 1.02 bits per heavy atom. The molecular formula is C38H32Cl4F2N4O8S4. The van der Waals surface area contributed by atoms with E-state index in [1.54, 1.807) is 24.3 Å². The molecule has 6 aromatic rings. The van der Waals surface area contributed by atoms with Gasteiger partial charge in [0, 0.05) is 33.3 Å². The molecule has 0 amide bonds. The Morgan fingerprint density at radius 3 is 1.38 bits per heavy atom. The quantitative estimate of drug-likeness (QED) is 0.0748. The van der Waals surface area contributed by atoms with E-state index in [0.717, 1.165) is 35.5 Å². The molecule has 0 saturated carbocycles. The molecule has 0 spiro atoms. The molecule has 6 heterocycles. The molecule has 2 atom stereocenters. The van der Waals surface area contributed by atoms with Crippen LogP contribution in [0.4, 0.5) is 8.78 Å². The second kappa shape index (κ2) is 17.1. The maximum absolute atomic E-state index is 16.0. The van der Waals surface area contributed by atoms with Crippen molar-refractivity contribution in [1.82, 2.24) is 19.6 Å². The van der Waals surface area contributed by atoms with Crippen molar-refractivity contribution in [3.8, 4) is 44.0 Å². The second-order valence-electron chi connectivity index (χ2n) is 14.1. The first-order valence-corrected chi connectivity index (χ1v) is 24.4. The number of benzene rings is 2. The van der Waals surface area contributed by atoms with E-state index in [0.29, 0.717) is 79.4 Å². The summed E-state index contributed by atoms with van der Waals surface area (Å²) in [4.78, 5) is 0.713. The number of hydrogen-bond acceptors (Lipinski definition) is 10. The molecule has 8 rings (SSSR count). The van der Waals surface area contributed by atoms with Gasteiger partial charge in [0.2, 0.25) is 0 Å². The van der Waals surface area contributed by atoms with E-state index in [-0.39, 0.29) is 67.4 Å². The molecule has 4 aromatic heterocycles. The summed E-state index contributed by atoms with van der Waals surface area (Å²) >= 11 is 26.9. The average Bonchev–Trinajstić information content (AvgIpc) is 3.98. The zero-order chi connectivity index (χ0) is 42.7. The topological polar surface area (TPSA) is 163 Å². The summed E-state index contributed by atoms with van der Waals surface area (Å²) in [5.41, 5.74) is 2.80. The van der Waals surface area contributed by atoms with Gasteiger partial charge in [-0.3, -0.25) is 9.11 Å². The van der Waals surface area contributed by atoms with Crippen LogP contribution in [0.15, 0.2) is 56.9 Å². The minimum Gasteiger partial charge on any atom is -0.487 e. The fourth-order valence-electron chi connectivity index (χ4n) is 7.28. The van der Waals surface area contributed by atoms with E-state index >= 15 is 8.78 Å². The number of thiophene rings is 2. The van der Waals surface area contributed by atoms with Crippen LogP contribution in [0.3, 0.4) is 0 Å². The van der Waals surface area contributed by atoms with E-state index in [1.807, 2.05) is 0 Å². The average molecular weight is 981 g/mol. The number of fused-ring (bicyclic) bond motifs is 6. The first kappa shape index (κ1) is 43.4. The predicted molar refractivity (Wildman–Crippen MR) is 227 cm³/mol. The van der Waals surface area contributed by atoms with Gasteiger partial charge in [0.25, 0.3) is 0 Å². The summed E-state index contributed by atoms with van der Waals surface area (Å²) in [6.45, 7) is -0.148. The highest BCUT2D eigenvalue weighted by Crippen LogP contribution is 2.50. The summed E-state index contributed by atoms with van der Waals surface area (Å²) < 4.78 is 113. The molecule has 0 fully saturated rings. The Morgan fingerprint density at radius 1 is 0.633 bits per heavy atom. The number of rotatable bonds is 15. The summed E-state index contributed by atoms with van der Waals surface area (Å²) in [6.07, 6.45) is 1.40. The number of hydrogen-bond donors (Lipinski definition) is 2. The first-order valence-electron chi connectivity index (χ1n) is 18.4. The van der Waals surface area contributed by atoms with Crippen LogP contribution < -0.4 is 9.47 Å². The van der Waals surface area contributed by atoms with Gasteiger partial charge in [-0.2, -0.15) is 27.0 Å². The van der Waals surface area contributed by atoms with Crippen molar-refractivity contribution in [2.45, 2.75) is 85.3 Å². The van der Waals surface area contributed by atoms with Gasteiger partial charge in [-0.15, -0.1) is 22.7 Å². The minimum atomic E-state index is -4.53. The van der Waals surface area contributed by atoms with Gasteiger partial charge in [0.05, 0.1) is 42.6 Å². The van der Waals surface area contributed by atoms with Crippen molar-refractivity contribution < 1.29 is 44.2 Å². The Bertz CT molecular complexity index is 2670. The van der Waals surface area contributed by atoms with Crippen molar-refractivity contribution in [3.63, 3.8) is 0 Å². The molecule has 2 aliphatic rings. The summed E-state index contributed by atoms with van der Waals surface area (Å²) in [6, 6.07) is 12.0. The summed E-state index contributed by atoms with van der Waals surface area (Å²) in [5, 5.41) is 10.5. The maximum atomic E-state index is 16.0. The number of alkyl halides is 2. The van der Waals surface area contributed by atoms with Crippen LogP contribution in [-0.2, 0) is 33.5 Å². The Labute approximate surface area is 371 Å². The summed E-state index contributed by atoms with van der Waals surface area (Å²) in [7, 11) is -9.06. The minimum absolute atomic E-state index is 0.0739. The molecule has 0 bridgehead atoms. The molecule has 2 N–H and O–H groups in total. The van der Waals surface area contributed by atoms with Crippen LogP contribution in [0.5, 0.6) is 11.5 Å². The van der Waals surface area contributed by atoms with E-state index in [4.69, 9.17) is 55.9 Å². The van der Waals surface area contributed by atoms with Crippen LogP contribution in [0.1, 0.15) is 86.2 Å². The fourth-order valence-corrected chi connectivity index (χ4v) is 11.9. The molecule has 60 heavy (non-hydrogen) atoms. The van der Waals surface area contributed by atoms with Crippen molar-refractivity contribution in [2.75, 3.05) is 0 Å². The number of unbranched alkanes of at least 4 members (excludes halogenated alkanes) is 5. The lowest BCUT2D eigenvalue weighted by atomic mass is 10.0. The molecule has 0 saturated heterocycles. The molecular weight excluding hydrogens is 949 g/mol. The van der Waals surface area contributed by atoms with Crippen LogP contribution in [0.2, 0.25) is 20.1 Å². The molecule has 2 aliphatic heterocycles. The molecule has 0 radical (unpaired) electrons. The van der Waals surface area contributed by atoms with Gasteiger partial charge in [-0.05, 0) is 49.2 Å². The molecule has 2 aromatic carbocycles. The number of aromatic nitrogens is 4. The Balaban J connectivity index is 0.903. The highest BCUT2D eigenvalue weighted by molar-refractivity contribution is 7.88. The second-order valence-corrected chi connectivity index (χ2v) is 21.2. The SMILES string of the molecule is O=S(=O)(O)c1cc2c(s1)-c1c(c(C(F)CCCCCCCCC(F)c3nn(-c4ccc(Cl)cc4Cl)c4c3COc3cc(S(=O)(=O)O)sc3-4)nn1-c1ccc(Cl)cc1Cl)CO2. The van der Waals surface area contributed by atoms with Gasteiger partial charge >= 0.3 is 20.2 Å². The highest BCUT2D eigenvalue weighted by atomic mass is 35.5. The normalized spacial score (nSPS) is 14.5. The van der Waals surface area contributed by atoms with Crippen LogP contribution in [-0.4, -0.2) is 45.5 Å². The van der Waals surface area contributed by atoms with E-state index in [9.17, 15) is 25.9 Å². The molecule has 0 aliphatic carbocycles. The lowest BCUT2D eigenvalue weighted by Gasteiger charge is -2.17. The smallest absolute Gasteiger partial charge is 0.304 e. The third-order valence-corrected chi connectivity index (χ3v) is 16.0. The third-order valence-electron chi connectivity index (χ3n) is 10.1. The van der Waals surface area contributed by atoms with Gasteiger partial charge in [-0.25, -0.2) is 18.1 Å². The lowest BCUT2D eigenvalue weighted by molar-refractivity contribution is 0.277. The van der Waals surface area contributed by atoms with Crippen LogP contribution in [0, 0.1) is 0 Å². The third kappa shape index (κ3) is 8.57. The molecule has 12 nitrogen and oxygen atoms in total.